The van der Waals surface area contributed by atoms with Crippen LogP contribution in [0.3, 0.4) is 0 Å². The van der Waals surface area contributed by atoms with Crippen LogP contribution in [-0.2, 0) is 9.53 Å². The topological polar surface area (TPSA) is 59.0 Å². The molecule has 0 unspecified atom stereocenters. The van der Waals surface area contributed by atoms with Gasteiger partial charge in [0.2, 0.25) is 0 Å². The highest BCUT2D eigenvalue weighted by molar-refractivity contribution is 6.35. The number of methoxy groups -OCH3 is 1. The van der Waals surface area contributed by atoms with Crippen LogP contribution in [0, 0.1) is 0 Å². The van der Waals surface area contributed by atoms with Gasteiger partial charge < -0.3 is 4.74 Å². The van der Waals surface area contributed by atoms with Crippen molar-refractivity contribution in [3.63, 3.8) is 0 Å². The number of hydrazone groups is 1. The molecule has 0 heterocycles. The van der Waals surface area contributed by atoms with Gasteiger partial charge in [-0.15, -0.1) is 0 Å². The fraction of sp³-hybridized carbons (Fsp3) is 0.250. The van der Waals surface area contributed by atoms with Gasteiger partial charge in [-0.25, -0.2) is 9.80 Å². The largest absolute Gasteiger partial charge is 0.464 e. The van der Waals surface area contributed by atoms with E-state index in [4.69, 9.17) is 0 Å². The van der Waals surface area contributed by atoms with Crippen molar-refractivity contribution in [3.8, 4) is 0 Å². The summed E-state index contributed by atoms with van der Waals surface area (Å²) < 4.78 is 4.49. The highest BCUT2D eigenvalue weighted by Gasteiger charge is 2.12. The highest BCUT2D eigenvalue weighted by atomic mass is 16.5. The van der Waals surface area contributed by atoms with Crippen LogP contribution in [0.15, 0.2) is 35.4 Å². The second-order valence-electron chi connectivity index (χ2n) is 3.37. The number of esters is 1. The molecule has 17 heavy (non-hydrogen) atoms. The molecule has 0 bridgehead atoms. The van der Waals surface area contributed by atoms with Gasteiger partial charge in [0.15, 0.2) is 0 Å². The van der Waals surface area contributed by atoms with E-state index in [1.165, 1.54) is 21.1 Å². The van der Waals surface area contributed by atoms with Gasteiger partial charge in [-0.05, 0) is 19.1 Å². The molecule has 0 aliphatic carbocycles. The van der Waals surface area contributed by atoms with Crippen LogP contribution < -0.4 is 0 Å². The van der Waals surface area contributed by atoms with E-state index in [0.29, 0.717) is 5.56 Å². The molecule has 1 amide bonds. The first kappa shape index (κ1) is 12.9. The molecule has 1 rings (SSSR count). The lowest BCUT2D eigenvalue weighted by Crippen LogP contribution is -2.25. The molecule has 0 fully saturated rings. The smallest absolute Gasteiger partial charge is 0.353 e. The van der Waals surface area contributed by atoms with E-state index in [1.54, 1.807) is 24.3 Å². The van der Waals surface area contributed by atoms with Crippen LogP contribution in [0.25, 0.3) is 0 Å². The third-order valence-corrected chi connectivity index (χ3v) is 2.10. The average Bonchev–Trinajstić information content (AvgIpc) is 2.37. The lowest BCUT2D eigenvalue weighted by molar-refractivity contribution is -0.132. The van der Waals surface area contributed by atoms with Crippen molar-refractivity contribution >= 4 is 17.6 Å². The van der Waals surface area contributed by atoms with Crippen molar-refractivity contribution in [2.75, 3.05) is 14.2 Å². The standard InChI is InChI=1S/C12H14N2O3/c1-9(12(16)17-3)13-14(2)11(15)10-7-5-4-6-8-10/h4-8H,1-3H3/b13-9+. The molecule has 0 saturated heterocycles. The summed E-state index contributed by atoms with van der Waals surface area (Å²) in [7, 11) is 2.75. The van der Waals surface area contributed by atoms with Gasteiger partial charge in [-0.2, -0.15) is 5.10 Å². The zero-order valence-electron chi connectivity index (χ0n) is 10.0. The average molecular weight is 234 g/mol. The first-order valence-electron chi connectivity index (χ1n) is 5.03. The molecule has 0 saturated carbocycles. The second kappa shape index (κ2) is 5.79. The zero-order valence-corrected chi connectivity index (χ0v) is 10.0. The molecule has 0 aliphatic heterocycles. The van der Waals surface area contributed by atoms with Crippen LogP contribution in [0.4, 0.5) is 0 Å². The van der Waals surface area contributed by atoms with Crippen molar-refractivity contribution in [1.29, 1.82) is 0 Å². The maximum absolute atomic E-state index is 11.9. The Bertz CT molecular complexity index is 440. The SMILES string of the molecule is COC(=O)/C(C)=N/N(C)C(=O)c1ccccc1. The zero-order chi connectivity index (χ0) is 12.8. The Morgan fingerprint density at radius 3 is 2.35 bits per heavy atom. The van der Waals surface area contributed by atoms with Crippen LogP contribution in [0.1, 0.15) is 17.3 Å². The molecular formula is C12H14N2O3. The van der Waals surface area contributed by atoms with E-state index >= 15 is 0 Å². The normalized spacial score (nSPS) is 10.9. The highest BCUT2D eigenvalue weighted by Crippen LogP contribution is 2.03. The molecule has 0 aliphatic rings. The third-order valence-electron chi connectivity index (χ3n) is 2.10. The first-order chi connectivity index (χ1) is 8.06. The van der Waals surface area contributed by atoms with Gasteiger partial charge in [0, 0.05) is 12.6 Å². The minimum absolute atomic E-state index is 0.124. The molecule has 1 aromatic carbocycles. The van der Waals surface area contributed by atoms with E-state index in [-0.39, 0.29) is 11.6 Å². The van der Waals surface area contributed by atoms with Gasteiger partial charge in [0.05, 0.1) is 7.11 Å². The Kier molecular flexibility index (Phi) is 4.39. The number of carbonyl (C=O) groups is 2. The Morgan fingerprint density at radius 2 is 1.82 bits per heavy atom. The summed E-state index contributed by atoms with van der Waals surface area (Å²) in [6, 6.07) is 8.71. The second-order valence-corrected chi connectivity index (χ2v) is 3.37. The molecule has 90 valence electrons. The van der Waals surface area contributed by atoms with Gasteiger partial charge >= 0.3 is 5.97 Å². The summed E-state index contributed by atoms with van der Waals surface area (Å²) in [5, 5.41) is 4.96. The third kappa shape index (κ3) is 3.41. The number of nitrogens with zero attached hydrogens (tertiary/aromatic N) is 2. The summed E-state index contributed by atoms with van der Waals surface area (Å²) in [6.07, 6.45) is 0. The molecule has 0 spiro atoms. The number of ether oxygens (including phenoxy) is 1. The maximum Gasteiger partial charge on any atom is 0.353 e. The van der Waals surface area contributed by atoms with Crippen molar-refractivity contribution in [3.05, 3.63) is 35.9 Å². The van der Waals surface area contributed by atoms with Gasteiger partial charge in [0.1, 0.15) is 5.71 Å². The number of amides is 1. The lowest BCUT2D eigenvalue weighted by Gasteiger charge is -2.11. The van der Waals surface area contributed by atoms with Crippen LogP contribution >= 0.6 is 0 Å². The number of hydrogen-bond donors (Lipinski definition) is 0. The Morgan fingerprint density at radius 1 is 1.24 bits per heavy atom. The summed E-state index contributed by atoms with van der Waals surface area (Å²) in [5.74, 6) is -0.841. The lowest BCUT2D eigenvalue weighted by atomic mass is 10.2. The number of hydrogen-bond acceptors (Lipinski definition) is 4. The maximum atomic E-state index is 11.9. The molecule has 0 atom stereocenters. The van der Waals surface area contributed by atoms with Crippen molar-refractivity contribution in [1.82, 2.24) is 5.01 Å². The van der Waals surface area contributed by atoms with E-state index < -0.39 is 5.97 Å². The van der Waals surface area contributed by atoms with Gasteiger partial charge in [0.25, 0.3) is 5.91 Å². The quantitative estimate of drug-likeness (QED) is 0.450. The van der Waals surface area contributed by atoms with Crippen LogP contribution in [0.2, 0.25) is 0 Å². The molecule has 0 radical (unpaired) electrons. The molecule has 5 heteroatoms. The molecule has 5 nitrogen and oxygen atoms in total. The monoisotopic (exact) mass is 234 g/mol. The van der Waals surface area contributed by atoms with Gasteiger partial charge in [-0.1, -0.05) is 18.2 Å². The fourth-order valence-corrected chi connectivity index (χ4v) is 1.23. The predicted molar refractivity (Wildman–Crippen MR) is 63.7 cm³/mol. The number of carbonyl (C=O) groups excluding carboxylic acids is 2. The number of rotatable bonds is 3. The molecule has 1 aromatic rings. The summed E-state index contributed by atoms with van der Waals surface area (Å²) >= 11 is 0. The predicted octanol–water partition coefficient (Wildman–Crippen LogP) is 1.31. The first-order valence-corrected chi connectivity index (χ1v) is 5.03. The van der Waals surface area contributed by atoms with E-state index in [9.17, 15) is 9.59 Å². The summed E-state index contributed by atoms with van der Waals surface area (Å²) in [4.78, 5) is 23.0. The van der Waals surface area contributed by atoms with Crippen LogP contribution in [-0.4, -0.2) is 36.8 Å². The Labute approximate surface area is 99.7 Å². The van der Waals surface area contributed by atoms with E-state index in [2.05, 4.69) is 9.84 Å². The molecule has 0 aromatic heterocycles. The minimum atomic E-state index is -0.558. The summed E-state index contributed by atoms with van der Waals surface area (Å²) in [6.45, 7) is 1.49. The van der Waals surface area contributed by atoms with Crippen molar-refractivity contribution in [2.45, 2.75) is 6.92 Å². The fourth-order valence-electron chi connectivity index (χ4n) is 1.23. The van der Waals surface area contributed by atoms with E-state index in [0.717, 1.165) is 5.01 Å². The van der Waals surface area contributed by atoms with Crippen molar-refractivity contribution < 1.29 is 14.3 Å². The summed E-state index contributed by atoms with van der Waals surface area (Å²) in [5.41, 5.74) is 0.635. The van der Waals surface area contributed by atoms with Gasteiger partial charge in [-0.3, -0.25) is 4.79 Å². The number of benzene rings is 1. The minimum Gasteiger partial charge on any atom is -0.464 e. The van der Waals surface area contributed by atoms with E-state index in [1.807, 2.05) is 6.07 Å². The molecular weight excluding hydrogens is 220 g/mol. The van der Waals surface area contributed by atoms with Crippen molar-refractivity contribution in [2.24, 2.45) is 5.10 Å². The van der Waals surface area contributed by atoms with Crippen LogP contribution in [0.5, 0.6) is 0 Å². The Hall–Kier alpha value is -2.17. The molecule has 0 N–H and O–H groups in total. The Balaban J connectivity index is 2.81.